The lowest BCUT2D eigenvalue weighted by atomic mass is 9.65. The quantitative estimate of drug-likeness (QED) is 0.622. The minimum absolute atomic E-state index is 0.0203. The van der Waals surface area contributed by atoms with Crippen molar-refractivity contribution in [2.45, 2.75) is 65.6 Å². The minimum atomic E-state index is 0.0203. The summed E-state index contributed by atoms with van der Waals surface area (Å²) in [6.07, 6.45) is 8.23. The molecule has 4 nitrogen and oxygen atoms in total. The highest BCUT2D eigenvalue weighted by molar-refractivity contribution is 5.82. The normalized spacial score (nSPS) is 28.6. The van der Waals surface area contributed by atoms with Crippen LogP contribution < -0.4 is 9.80 Å². The van der Waals surface area contributed by atoms with Gasteiger partial charge in [-0.3, -0.25) is 0 Å². The fourth-order valence-electron chi connectivity index (χ4n) is 5.65. The molecule has 0 fully saturated rings. The molecule has 4 unspecified atom stereocenters. The fraction of sp³-hybridized carbons (Fsp3) is 0.500. The van der Waals surface area contributed by atoms with E-state index in [4.69, 9.17) is 4.98 Å². The monoisotopic (exact) mass is 376 g/mol. The van der Waals surface area contributed by atoms with Crippen LogP contribution in [0.1, 0.15) is 58.9 Å². The summed E-state index contributed by atoms with van der Waals surface area (Å²) in [5, 5.41) is 0. The predicted molar refractivity (Wildman–Crippen MR) is 117 cm³/mol. The molecule has 2 aliphatic rings. The highest BCUT2D eigenvalue weighted by Crippen LogP contribution is 2.59. The molecule has 0 aliphatic carbocycles. The Labute approximate surface area is 169 Å². The number of hydrogen-bond acceptors (Lipinski definition) is 4. The summed E-state index contributed by atoms with van der Waals surface area (Å²) in [5.41, 5.74) is 3.85. The number of aromatic nitrogens is 2. The van der Waals surface area contributed by atoms with E-state index >= 15 is 0 Å². The lowest BCUT2D eigenvalue weighted by molar-refractivity contribution is 0.144. The number of nitrogens with zero attached hydrogens (tertiary/aromatic N) is 4. The maximum Gasteiger partial charge on any atom is 0.161 e. The lowest BCUT2D eigenvalue weighted by Gasteiger charge is -2.48. The van der Waals surface area contributed by atoms with Gasteiger partial charge in [0.25, 0.3) is 0 Å². The van der Waals surface area contributed by atoms with Crippen LogP contribution in [0.5, 0.6) is 0 Å². The molecule has 2 aromatic rings. The first-order valence-corrected chi connectivity index (χ1v) is 10.6. The van der Waals surface area contributed by atoms with E-state index in [-0.39, 0.29) is 11.6 Å². The predicted octanol–water partition coefficient (Wildman–Crippen LogP) is 5.89. The van der Waals surface area contributed by atoms with E-state index in [9.17, 15) is 0 Å². The zero-order valence-electron chi connectivity index (χ0n) is 17.8. The van der Waals surface area contributed by atoms with Crippen molar-refractivity contribution in [2.24, 2.45) is 11.3 Å². The van der Waals surface area contributed by atoms with Crippen LogP contribution in [0.25, 0.3) is 0 Å². The third-order valence-corrected chi connectivity index (χ3v) is 7.08. The molecule has 0 spiro atoms. The van der Waals surface area contributed by atoms with Gasteiger partial charge in [0.2, 0.25) is 0 Å². The minimum Gasteiger partial charge on any atom is -0.344 e. The molecule has 0 bridgehead atoms. The second kappa shape index (κ2) is 6.91. The SMILES string of the molecule is C=CC1C(CC)c2ccccc2N2c3ncncc3N(C(C)C)C2C1(C)CC. The topological polar surface area (TPSA) is 32.3 Å². The summed E-state index contributed by atoms with van der Waals surface area (Å²) in [6, 6.07) is 9.24. The molecule has 0 amide bonds. The Hall–Kier alpha value is -2.36. The molecule has 28 heavy (non-hydrogen) atoms. The molecule has 0 N–H and O–H groups in total. The molecule has 2 aliphatic heterocycles. The summed E-state index contributed by atoms with van der Waals surface area (Å²) in [7, 11) is 0. The van der Waals surface area contributed by atoms with Gasteiger partial charge in [-0.15, -0.1) is 6.58 Å². The van der Waals surface area contributed by atoms with Gasteiger partial charge in [0.1, 0.15) is 18.2 Å². The van der Waals surface area contributed by atoms with Gasteiger partial charge in [0, 0.05) is 17.1 Å². The Morgan fingerprint density at radius 2 is 1.96 bits per heavy atom. The van der Waals surface area contributed by atoms with Gasteiger partial charge in [0.05, 0.1) is 6.20 Å². The van der Waals surface area contributed by atoms with Crippen molar-refractivity contribution in [2.75, 3.05) is 9.80 Å². The van der Waals surface area contributed by atoms with Crippen molar-refractivity contribution in [3.05, 3.63) is 55.0 Å². The second-order valence-corrected chi connectivity index (χ2v) is 8.67. The molecule has 4 heteroatoms. The third-order valence-electron chi connectivity index (χ3n) is 7.08. The molecule has 3 heterocycles. The average molecular weight is 377 g/mol. The Kier molecular flexibility index (Phi) is 4.68. The first kappa shape index (κ1) is 19.0. The van der Waals surface area contributed by atoms with Crippen molar-refractivity contribution in [1.29, 1.82) is 0 Å². The van der Waals surface area contributed by atoms with E-state index in [1.807, 2.05) is 6.20 Å². The number of allylic oxidation sites excluding steroid dienone is 1. The smallest absolute Gasteiger partial charge is 0.161 e. The van der Waals surface area contributed by atoms with Crippen LogP contribution in [0.4, 0.5) is 17.2 Å². The van der Waals surface area contributed by atoms with E-state index in [1.165, 1.54) is 11.3 Å². The first-order chi connectivity index (χ1) is 13.5. The van der Waals surface area contributed by atoms with Gasteiger partial charge in [0.15, 0.2) is 5.82 Å². The van der Waals surface area contributed by atoms with E-state index in [0.29, 0.717) is 17.9 Å². The zero-order chi connectivity index (χ0) is 20.1. The second-order valence-electron chi connectivity index (χ2n) is 8.67. The number of para-hydroxylation sites is 1. The summed E-state index contributed by atoms with van der Waals surface area (Å²) in [5.74, 6) is 1.85. The molecule has 0 saturated heterocycles. The summed E-state index contributed by atoms with van der Waals surface area (Å²) in [6.45, 7) is 15.9. The van der Waals surface area contributed by atoms with E-state index in [2.05, 4.69) is 86.3 Å². The molecule has 1 aromatic carbocycles. The van der Waals surface area contributed by atoms with Crippen LogP contribution >= 0.6 is 0 Å². The van der Waals surface area contributed by atoms with Gasteiger partial charge < -0.3 is 9.80 Å². The van der Waals surface area contributed by atoms with Gasteiger partial charge in [-0.2, -0.15) is 0 Å². The number of fused-ring (bicyclic) bond motifs is 5. The Morgan fingerprint density at radius 1 is 1.21 bits per heavy atom. The van der Waals surface area contributed by atoms with Gasteiger partial charge in [-0.1, -0.05) is 45.0 Å². The highest BCUT2D eigenvalue weighted by Gasteiger charge is 2.55. The van der Waals surface area contributed by atoms with Crippen LogP contribution in [0, 0.1) is 11.3 Å². The molecule has 4 atom stereocenters. The fourth-order valence-corrected chi connectivity index (χ4v) is 5.65. The average Bonchev–Trinajstić information content (AvgIpc) is 3.03. The molecule has 148 valence electrons. The van der Waals surface area contributed by atoms with Crippen molar-refractivity contribution >= 4 is 17.2 Å². The van der Waals surface area contributed by atoms with Crippen LogP contribution in [-0.4, -0.2) is 22.2 Å². The van der Waals surface area contributed by atoms with E-state index in [1.54, 1.807) is 6.33 Å². The van der Waals surface area contributed by atoms with Crippen LogP contribution in [0.2, 0.25) is 0 Å². The van der Waals surface area contributed by atoms with Crippen LogP contribution in [0.15, 0.2) is 49.4 Å². The van der Waals surface area contributed by atoms with Gasteiger partial charge >= 0.3 is 0 Å². The molecular formula is C24H32N4. The standard InChI is InChI=1S/C24H32N4/c1-7-17-18-12-10-11-13-20(18)28-22-21(14-25-15-26-22)27(16(4)5)23(28)24(6,9-3)19(17)8-2/h8,10-17,19,23H,2,7,9H2,1,3-6H3. The summed E-state index contributed by atoms with van der Waals surface area (Å²) >= 11 is 0. The van der Waals surface area contributed by atoms with Gasteiger partial charge in [-0.25, -0.2) is 9.97 Å². The lowest BCUT2D eigenvalue weighted by Crippen LogP contribution is -2.56. The van der Waals surface area contributed by atoms with Crippen LogP contribution in [-0.2, 0) is 0 Å². The molecule has 1 aromatic heterocycles. The molecule has 4 rings (SSSR count). The van der Waals surface area contributed by atoms with Crippen molar-refractivity contribution in [1.82, 2.24) is 9.97 Å². The Balaban J connectivity index is 2.08. The van der Waals surface area contributed by atoms with E-state index < -0.39 is 0 Å². The molecule has 0 radical (unpaired) electrons. The number of anilines is 3. The van der Waals surface area contributed by atoms with Crippen molar-refractivity contribution in [3.8, 4) is 0 Å². The molecular weight excluding hydrogens is 344 g/mol. The van der Waals surface area contributed by atoms with Crippen LogP contribution in [0.3, 0.4) is 0 Å². The van der Waals surface area contributed by atoms with Crippen molar-refractivity contribution in [3.63, 3.8) is 0 Å². The number of benzene rings is 1. The maximum atomic E-state index is 4.77. The molecule has 0 saturated carbocycles. The largest absolute Gasteiger partial charge is 0.344 e. The zero-order valence-corrected chi connectivity index (χ0v) is 17.8. The maximum absolute atomic E-state index is 4.77. The van der Waals surface area contributed by atoms with Crippen molar-refractivity contribution < 1.29 is 0 Å². The number of rotatable bonds is 4. The Morgan fingerprint density at radius 3 is 2.61 bits per heavy atom. The van der Waals surface area contributed by atoms with E-state index in [0.717, 1.165) is 24.3 Å². The first-order valence-electron chi connectivity index (χ1n) is 10.6. The number of hydrogen-bond donors (Lipinski definition) is 0. The Bertz CT molecular complexity index is 876. The highest BCUT2D eigenvalue weighted by atomic mass is 15.5. The van der Waals surface area contributed by atoms with Gasteiger partial charge in [-0.05, 0) is 50.2 Å². The summed E-state index contributed by atoms with van der Waals surface area (Å²) < 4.78 is 0. The third kappa shape index (κ3) is 2.43. The summed E-state index contributed by atoms with van der Waals surface area (Å²) in [4.78, 5) is 14.2.